The van der Waals surface area contributed by atoms with E-state index in [0.717, 1.165) is 19.3 Å². The molecule has 4 rings (SSSR count). The summed E-state index contributed by atoms with van der Waals surface area (Å²) >= 11 is 12.7. The van der Waals surface area contributed by atoms with Gasteiger partial charge in [0, 0.05) is 51.4 Å². The molecule has 2 aliphatic heterocycles. The number of hydrogen-bond donors (Lipinski definition) is 1. The molecule has 184 valence electrons. The number of hydrogen-bond acceptors (Lipinski definition) is 5. The Morgan fingerprint density at radius 2 is 1.85 bits per heavy atom. The Morgan fingerprint density at radius 1 is 1.15 bits per heavy atom. The van der Waals surface area contributed by atoms with Crippen molar-refractivity contribution >= 4 is 41.1 Å². The molecule has 0 aromatic heterocycles. The maximum atomic E-state index is 13.1. The maximum Gasteiger partial charge on any atom is 0.338 e. The van der Waals surface area contributed by atoms with E-state index >= 15 is 0 Å². The number of likely N-dealkylation sites (N-methyl/N-ethyl adjacent to an activating group) is 1. The molecule has 8 nitrogen and oxygen atoms in total. The summed E-state index contributed by atoms with van der Waals surface area (Å²) in [6.45, 7) is 4.91. The summed E-state index contributed by atoms with van der Waals surface area (Å²) in [7, 11) is 1.63. The third-order valence-corrected chi connectivity index (χ3v) is 7.71. The molecule has 0 bridgehead atoms. The highest BCUT2D eigenvalue weighted by atomic mass is 35.5. The number of ether oxygens (including phenoxy) is 1. The molecule has 1 atom stereocenters. The zero-order valence-corrected chi connectivity index (χ0v) is 21.0. The molecule has 1 aliphatic carbocycles. The molecule has 34 heavy (non-hydrogen) atoms. The Kier molecular flexibility index (Phi) is 7.70. The number of nitrogens with one attached hydrogen (secondary N) is 1. The van der Waals surface area contributed by atoms with E-state index in [-0.39, 0.29) is 29.5 Å². The van der Waals surface area contributed by atoms with E-state index in [9.17, 15) is 14.4 Å². The van der Waals surface area contributed by atoms with Gasteiger partial charge in [-0.15, -0.1) is 0 Å². The molecule has 3 amide bonds. The molecular formula is C24H30Cl2N4O4. The standard InChI is InChI=1S/C24H30Cl2N4O4/c1-3-34-23(32)19-18(14-29-10-12-30(13-11-29)22(31)15-6-4-7-15)28(2)24(33)27-21(19)16-8-5-9-17(25)20(16)26/h5,8-9,15,21H,3-4,6-7,10-14H2,1-2H3,(H,27,33)/t21-/m0/s1. The number of halogens is 2. The predicted molar refractivity (Wildman–Crippen MR) is 130 cm³/mol. The summed E-state index contributed by atoms with van der Waals surface area (Å²) < 4.78 is 5.38. The SMILES string of the molecule is CCOC(=O)C1=C(CN2CCN(C(=O)C3CCC3)CC2)N(C)C(=O)N[C@H]1c1cccc(Cl)c1Cl. The fraction of sp³-hybridized carbons (Fsp3) is 0.542. The summed E-state index contributed by atoms with van der Waals surface area (Å²) in [5.41, 5.74) is 1.43. The summed E-state index contributed by atoms with van der Waals surface area (Å²) in [6.07, 6.45) is 3.11. The number of piperazine rings is 1. The number of carbonyl (C=O) groups excluding carboxylic acids is 3. The molecule has 0 unspecified atom stereocenters. The number of urea groups is 1. The van der Waals surface area contributed by atoms with Gasteiger partial charge >= 0.3 is 12.0 Å². The van der Waals surface area contributed by atoms with E-state index in [4.69, 9.17) is 27.9 Å². The number of benzene rings is 1. The van der Waals surface area contributed by atoms with Crippen LogP contribution in [0.3, 0.4) is 0 Å². The monoisotopic (exact) mass is 508 g/mol. The smallest absolute Gasteiger partial charge is 0.338 e. The van der Waals surface area contributed by atoms with Crippen molar-refractivity contribution in [3.05, 3.63) is 45.1 Å². The highest BCUT2D eigenvalue weighted by molar-refractivity contribution is 6.42. The highest BCUT2D eigenvalue weighted by Gasteiger charge is 2.39. The molecule has 2 heterocycles. The van der Waals surface area contributed by atoms with Crippen LogP contribution in [0.4, 0.5) is 4.79 Å². The van der Waals surface area contributed by atoms with Crippen LogP contribution in [0.15, 0.2) is 29.5 Å². The fourth-order valence-corrected chi connectivity index (χ4v) is 5.04. The zero-order chi connectivity index (χ0) is 24.4. The number of carbonyl (C=O) groups is 3. The van der Waals surface area contributed by atoms with Gasteiger partial charge in [0.1, 0.15) is 0 Å². The third-order valence-electron chi connectivity index (χ3n) is 6.88. The predicted octanol–water partition coefficient (Wildman–Crippen LogP) is 3.45. The van der Waals surface area contributed by atoms with Crippen LogP contribution >= 0.6 is 23.2 Å². The molecule has 10 heteroatoms. The van der Waals surface area contributed by atoms with E-state index in [1.54, 1.807) is 32.2 Å². The third kappa shape index (κ3) is 4.90. The van der Waals surface area contributed by atoms with Crippen LogP contribution in [0.25, 0.3) is 0 Å². The van der Waals surface area contributed by atoms with Crippen molar-refractivity contribution in [2.75, 3.05) is 46.4 Å². The second-order valence-electron chi connectivity index (χ2n) is 8.89. The summed E-state index contributed by atoms with van der Waals surface area (Å²) in [5.74, 6) is -0.0765. The average molecular weight is 509 g/mol. The lowest BCUT2D eigenvalue weighted by Crippen LogP contribution is -2.54. The lowest BCUT2D eigenvalue weighted by atomic mass is 9.84. The summed E-state index contributed by atoms with van der Waals surface area (Å²) in [4.78, 5) is 44.2. The summed E-state index contributed by atoms with van der Waals surface area (Å²) in [6, 6.07) is 4.00. The van der Waals surface area contributed by atoms with E-state index in [0.29, 0.717) is 54.6 Å². The molecule has 1 aromatic carbocycles. The van der Waals surface area contributed by atoms with Gasteiger partial charge in [-0.05, 0) is 31.4 Å². The van der Waals surface area contributed by atoms with Crippen molar-refractivity contribution < 1.29 is 19.1 Å². The Morgan fingerprint density at radius 3 is 2.47 bits per heavy atom. The molecule has 1 saturated heterocycles. The van der Waals surface area contributed by atoms with E-state index < -0.39 is 12.0 Å². The van der Waals surface area contributed by atoms with Crippen LogP contribution < -0.4 is 5.32 Å². The zero-order valence-electron chi connectivity index (χ0n) is 19.5. The first-order chi connectivity index (χ1) is 16.3. The number of esters is 1. The Hall–Kier alpha value is -2.29. The van der Waals surface area contributed by atoms with Gasteiger partial charge in [-0.3, -0.25) is 14.6 Å². The molecule has 2 fully saturated rings. The van der Waals surface area contributed by atoms with Crippen LogP contribution in [0, 0.1) is 5.92 Å². The normalized spacial score (nSPS) is 21.9. The Labute approximate surface area is 209 Å². The van der Waals surface area contributed by atoms with Gasteiger partial charge in [-0.25, -0.2) is 9.59 Å². The van der Waals surface area contributed by atoms with E-state index in [1.165, 1.54) is 4.90 Å². The quantitative estimate of drug-likeness (QED) is 0.595. The second-order valence-corrected chi connectivity index (χ2v) is 9.68. The highest BCUT2D eigenvalue weighted by Crippen LogP contribution is 2.37. The van der Waals surface area contributed by atoms with Gasteiger partial charge < -0.3 is 15.0 Å². The van der Waals surface area contributed by atoms with Gasteiger partial charge in [0.15, 0.2) is 0 Å². The minimum Gasteiger partial charge on any atom is -0.463 e. The van der Waals surface area contributed by atoms with Gasteiger partial charge in [-0.1, -0.05) is 41.8 Å². The number of rotatable bonds is 6. The molecule has 0 radical (unpaired) electrons. The maximum absolute atomic E-state index is 13.1. The molecule has 1 N–H and O–H groups in total. The largest absolute Gasteiger partial charge is 0.463 e. The van der Waals surface area contributed by atoms with Gasteiger partial charge in [-0.2, -0.15) is 0 Å². The van der Waals surface area contributed by atoms with Crippen LogP contribution in [-0.2, 0) is 14.3 Å². The van der Waals surface area contributed by atoms with E-state index in [1.807, 2.05) is 4.90 Å². The van der Waals surface area contributed by atoms with Crippen LogP contribution in [0.2, 0.25) is 10.0 Å². The van der Waals surface area contributed by atoms with Crippen molar-refractivity contribution in [3.63, 3.8) is 0 Å². The summed E-state index contributed by atoms with van der Waals surface area (Å²) in [5, 5.41) is 3.49. The van der Waals surface area contributed by atoms with Crippen LogP contribution in [0.1, 0.15) is 37.8 Å². The number of amides is 3. The van der Waals surface area contributed by atoms with Crippen molar-refractivity contribution in [2.45, 2.75) is 32.2 Å². The Balaban J connectivity index is 1.61. The van der Waals surface area contributed by atoms with Gasteiger partial charge in [0.2, 0.25) is 5.91 Å². The van der Waals surface area contributed by atoms with Crippen molar-refractivity contribution in [2.24, 2.45) is 5.92 Å². The van der Waals surface area contributed by atoms with E-state index in [2.05, 4.69) is 10.2 Å². The molecule has 1 aromatic rings. The van der Waals surface area contributed by atoms with Crippen LogP contribution in [-0.4, -0.2) is 79.0 Å². The molecule has 3 aliphatic rings. The minimum atomic E-state index is -0.787. The lowest BCUT2D eigenvalue weighted by Gasteiger charge is -2.41. The lowest BCUT2D eigenvalue weighted by molar-refractivity contribution is -0.140. The second kappa shape index (κ2) is 10.5. The topological polar surface area (TPSA) is 82.2 Å². The molecule has 0 spiro atoms. The Bertz CT molecular complexity index is 1000. The average Bonchev–Trinajstić information content (AvgIpc) is 2.78. The molecule has 1 saturated carbocycles. The van der Waals surface area contributed by atoms with Gasteiger partial charge in [0.05, 0.1) is 28.3 Å². The first-order valence-electron chi connectivity index (χ1n) is 11.7. The van der Waals surface area contributed by atoms with Crippen molar-refractivity contribution in [1.82, 2.24) is 20.0 Å². The van der Waals surface area contributed by atoms with Crippen molar-refractivity contribution in [3.8, 4) is 0 Å². The van der Waals surface area contributed by atoms with Crippen LogP contribution in [0.5, 0.6) is 0 Å². The van der Waals surface area contributed by atoms with Crippen molar-refractivity contribution in [1.29, 1.82) is 0 Å². The first kappa shape index (κ1) is 24.8. The van der Waals surface area contributed by atoms with Gasteiger partial charge in [0.25, 0.3) is 0 Å². The minimum absolute atomic E-state index is 0.182. The first-order valence-corrected chi connectivity index (χ1v) is 12.5. The number of nitrogens with zero attached hydrogens (tertiary/aromatic N) is 3. The fourth-order valence-electron chi connectivity index (χ4n) is 4.63. The molecular weight excluding hydrogens is 479 g/mol.